The summed E-state index contributed by atoms with van der Waals surface area (Å²) in [4.78, 5) is 22.8. The van der Waals surface area contributed by atoms with Gasteiger partial charge in [0, 0.05) is 6.54 Å². The van der Waals surface area contributed by atoms with Crippen LogP contribution in [0.25, 0.3) is 0 Å². The van der Waals surface area contributed by atoms with Gasteiger partial charge in [-0.3, -0.25) is 9.59 Å². The molecule has 0 atom stereocenters. The van der Waals surface area contributed by atoms with E-state index < -0.39 is 0 Å². The summed E-state index contributed by atoms with van der Waals surface area (Å²) >= 11 is 0. The molecule has 4 N–H and O–H groups in total. The van der Waals surface area contributed by atoms with Gasteiger partial charge in [0.2, 0.25) is 11.8 Å². The van der Waals surface area contributed by atoms with Gasteiger partial charge in [-0.05, 0) is 18.5 Å². The first-order valence-electron chi connectivity index (χ1n) is 5.99. The van der Waals surface area contributed by atoms with Gasteiger partial charge in [0.1, 0.15) is 0 Å². The van der Waals surface area contributed by atoms with E-state index in [4.69, 9.17) is 5.73 Å². The topological polar surface area (TPSA) is 84.2 Å². The first-order valence-corrected chi connectivity index (χ1v) is 5.99. The number of amides is 2. The average molecular weight is 249 g/mol. The smallest absolute Gasteiger partial charge is 0.239 e. The van der Waals surface area contributed by atoms with Gasteiger partial charge in [0.15, 0.2) is 0 Å². The summed E-state index contributed by atoms with van der Waals surface area (Å²) in [6.45, 7) is 1.10. The van der Waals surface area contributed by atoms with E-state index in [9.17, 15) is 9.59 Å². The quantitative estimate of drug-likeness (QED) is 0.586. The van der Waals surface area contributed by atoms with Crippen molar-refractivity contribution in [3.8, 4) is 0 Å². The molecule has 0 radical (unpaired) electrons. The fourth-order valence-electron chi connectivity index (χ4n) is 1.41. The monoisotopic (exact) mass is 249 g/mol. The molecule has 1 rings (SSSR count). The molecule has 0 saturated heterocycles. The van der Waals surface area contributed by atoms with Crippen LogP contribution >= 0.6 is 0 Å². The first-order chi connectivity index (χ1) is 8.72. The Hall–Kier alpha value is -1.88. The zero-order valence-corrected chi connectivity index (χ0v) is 10.3. The van der Waals surface area contributed by atoms with Crippen LogP contribution in [0.1, 0.15) is 12.0 Å². The van der Waals surface area contributed by atoms with E-state index in [1.54, 1.807) is 0 Å². The third-order valence-corrected chi connectivity index (χ3v) is 2.36. The van der Waals surface area contributed by atoms with Gasteiger partial charge in [0.05, 0.1) is 13.0 Å². The highest BCUT2D eigenvalue weighted by Gasteiger charge is 2.05. The molecular formula is C13H19N3O2. The maximum absolute atomic E-state index is 11.5. The van der Waals surface area contributed by atoms with Gasteiger partial charge in [-0.25, -0.2) is 0 Å². The van der Waals surface area contributed by atoms with Crippen LogP contribution in [0, 0.1) is 0 Å². The van der Waals surface area contributed by atoms with Gasteiger partial charge >= 0.3 is 0 Å². The summed E-state index contributed by atoms with van der Waals surface area (Å²) in [6, 6.07) is 9.40. The molecule has 0 aliphatic carbocycles. The molecule has 0 bridgehead atoms. The average Bonchev–Trinajstić information content (AvgIpc) is 2.38. The Morgan fingerprint density at radius 1 is 1.06 bits per heavy atom. The van der Waals surface area contributed by atoms with Crippen molar-refractivity contribution in [2.75, 3.05) is 19.6 Å². The number of carbonyl (C=O) groups is 2. The predicted molar refractivity (Wildman–Crippen MR) is 69.8 cm³/mol. The maximum Gasteiger partial charge on any atom is 0.239 e. The maximum atomic E-state index is 11.5. The number of hydrogen-bond donors (Lipinski definition) is 3. The van der Waals surface area contributed by atoms with Gasteiger partial charge in [-0.2, -0.15) is 0 Å². The normalized spacial score (nSPS) is 9.83. The molecular weight excluding hydrogens is 230 g/mol. The second-order valence-corrected chi connectivity index (χ2v) is 3.93. The van der Waals surface area contributed by atoms with Crippen LogP contribution in [0.5, 0.6) is 0 Å². The highest BCUT2D eigenvalue weighted by Crippen LogP contribution is 1.98. The molecule has 1 aromatic rings. The highest BCUT2D eigenvalue weighted by atomic mass is 16.2. The lowest BCUT2D eigenvalue weighted by Crippen LogP contribution is -2.38. The van der Waals surface area contributed by atoms with E-state index in [1.807, 2.05) is 30.3 Å². The van der Waals surface area contributed by atoms with Crippen LogP contribution in [0.3, 0.4) is 0 Å². The van der Waals surface area contributed by atoms with Crippen molar-refractivity contribution in [2.45, 2.75) is 12.8 Å². The number of rotatable bonds is 7. The Morgan fingerprint density at radius 3 is 2.44 bits per heavy atom. The molecule has 0 unspecified atom stereocenters. The van der Waals surface area contributed by atoms with Crippen molar-refractivity contribution in [3.05, 3.63) is 35.9 Å². The van der Waals surface area contributed by atoms with E-state index in [-0.39, 0.29) is 24.8 Å². The van der Waals surface area contributed by atoms with E-state index in [0.717, 1.165) is 12.0 Å². The summed E-state index contributed by atoms with van der Waals surface area (Å²) < 4.78 is 0. The first kappa shape index (κ1) is 14.2. The van der Waals surface area contributed by atoms with Crippen LogP contribution in [-0.4, -0.2) is 31.4 Å². The third kappa shape index (κ3) is 6.00. The number of hydrogen-bond acceptors (Lipinski definition) is 3. The Morgan fingerprint density at radius 2 is 1.78 bits per heavy atom. The molecule has 0 saturated carbocycles. The molecule has 0 aliphatic heterocycles. The Balaban J connectivity index is 2.19. The lowest BCUT2D eigenvalue weighted by atomic mass is 10.1. The summed E-state index contributed by atoms with van der Waals surface area (Å²) in [7, 11) is 0. The third-order valence-electron chi connectivity index (χ3n) is 2.36. The Bertz CT molecular complexity index is 379. The van der Waals surface area contributed by atoms with E-state index in [2.05, 4.69) is 10.6 Å². The number of nitrogens with two attached hydrogens (primary N) is 1. The van der Waals surface area contributed by atoms with Crippen molar-refractivity contribution in [1.29, 1.82) is 0 Å². The number of carbonyl (C=O) groups excluding carboxylic acids is 2. The van der Waals surface area contributed by atoms with Crippen molar-refractivity contribution >= 4 is 11.8 Å². The Labute approximate surface area is 107 Å². The van der Waals surface area contributed by atoms with E-state index >= 15 is 0 Å². The lowest BCUT2D eigenvalue weighted by Gasteiger charge is -2.06. The highest BCUT2D eigenvalue weighted by molar-refractivity contribution is 5.85. The molecule has 0 heterocycles. The molecule has 0 fully saturated rings. The van der Waals surface area contributed by atoms with Crippen molar-refractivity contribution in [3.63, 3.8) is 0 Å². The molecule has 0 spiro atoms. The zero-order valence-electron chi connectivity index (χ0n) is 10.3. The van der Waals surface area contributed by atoms with Crippen LogP contribution in [-0.2, 0) is 16.0 Å². The second kappa shape index (κ2) is 8.25. The molecule has 0 aromatic heterocycles. The molecule has 5 nitrogen and oxygen atoms in total. The van der Waals surface area contributed by atoms with Crippen LogP contribution in [0.15, 0.2) is 30.3 Å². The number of benzene rings is 1. The zero-order chi connectivity index (χ0) is 13.2. The lowest BCUT2D eigenvalue weighted by molar-refractivity contribution is -0.125. The van der Waals surface area contributed by atoms with Gasteiger partial charge in [-0.1, -0.05) is 30.3 Å². The molecule has 1 aromatic carbocycles. The fraction of sp³-hybridized carbons (Fsp3) is 0.385. The van der Waals surface area contributed by atoms with E-state index in [1.165, 1.54) is 0 Å². The minimum absolute atomic E-state index is 0.0102. The largest absolute Gasteiger partial charge is 0.355 e. The molecule has 98 valence electrons. The van der Waals surface area contributed by atoms with Crippen LogP contribution in [0.4, 0.5) is 0 Å². The second-order valence-electron chi connectivity index (χ2n) is 3.93. The Kier molecular flexibility index (Phi) is 6.50. The summed E-state index contributed by atoms with van der Waals surface area (Å²) in [6.07, 6.45) is 1.03. The SMILES string of the molecule is NCCCNC(=O)CNC(=O)Cc1ccccc1. The summed E-state index contributed by atoms with van der Waals surface area (Å²) in [5, 5.41) is 5.24. The van der Waals surface area contributed by atoms with Crippen LogP contribution in [0.2, 0.25) is 0 Å². The van der Waals surface area contributed by atoms with Crippen molar-refractivity contribution in [2.24, 2.45) is 5.73 Å². The van der Waals surface area contributed by atoms with E-state index in [0.29, 0.717) is 13.1 Å². The minimum Gasteiger partial charge on any atom is -0.355 e. The van der Waals surface area contributed by atoms with Crippen LogP contribution < -0.4 is 16.4 Å². The summed E-state index contributed by atoms with van der Waals surface area (Å²) in [5.41, 5.74) is 6.23. The number of nitrogens with one attached hydrogen (secondary N) is 2. The van der Waals surface area contributed by atoms with Crippen molar-refractivity contribution in [1.82, 2.24) is 10.6 Å². The van der Waals surface area contributed by atoms with Gasteiger partial charge in [-0.15, -0.1) is 0 Å². The van der Waals surface area contributed by atoms with Crippen molar-refractivity contribution < 1.29 is 9.59 Å². The predicted octanol–water partition coefficient (Wildman–Crippen LogP) is -0.190. The summed E-state index contributed by atoms with van der Waals surface area (Å²) in [5.74, 6) is -0.347. The van der Waals surface area contributed by atoms with Gasteiger partial charge < -0.3 is 16.4 Å². The molecule has 5 heteroatoms. The molecule has 18 heavy (non-hydrogen) atoms. The van der Waals surface area contributed by atoms with Gasteiger partial charge in [0.25, 0.3) is 0 Å². The standard InChI is InChI=1S/C13H19N3O2/c14-7-4-8-15-13(18)10-16-12(17)9-11-5-2-1-3-6-11/h1-3,5-6H,4,7-10,14H2,(H,15,18)(H,16,17). The minimum atomic E-state index is -0.190. The fourth-order valence-corrected chi connectivity index (χ4v) is 1.41. The molecule has 0 aliphatic rings. The molecule has 2 amide bonds.